The quantitative estimate of drug-likeness (QED) is 0.748. The number of benzene rings is 1. The van der Waals surface area contributed by atoms with E-state index in [4.69, 9.17) is 4.74 Å². The molecule has 0 saturated carbocycles. The maximum absolute atomic E-state index is 12.2. The maximum atomic E-state index is 12.2. The van der Waals surface area contributed by atoms with Gasteiger partial charge in [-0.3, -0.25) is 4.79 Å². The lowest BCUT2D eigenvalue weighted by Crippen LogP contribution is -2.12. The first kappa shape index (κ1) is 14.7. The Hall–Kier alpha value is -2.18. The number of carbonyl (C=O) groups excluding carboxylic acids is 1. The summed E-state index contributed by atoms with van der Waals surface area (Å²) in [7, 11) is 0. The SMILES string of the molecule is CCOc1ccc(NC(=O)c2csc(-c3ccsc3)n2)cc1. The van der Waals surface area contributed by atoms with Crippen molar-refractivity contribution in [1.82, 2.24) is 4.98 Å². The summed E-state index contributed by atoms with van der Waals surface area (Å²) in [6.07, 6.45) is 0. The zero-order valence-corrected chi connectivity index (χ0v) is 13.5. The number of thiazole rings is 1. The first-order chi connectivity index (χ1) is 10.8. The molecule has 0 atom stereocenters. The number of hydrogen-bond donors (Lipinski definition) is 1. The highest BCUT2D eigenvalue weighted by Crippen LogP contribution is 2.26. The van der Waals surface area contributed by atoms with E-state index in [2.05, 4.69) is 10.3 Å². The van der Waals surface area contributed by atoms with Crippen molar-refractivity contribution in [2.45, 2.75) is 6.92 Å². The van der Waals surface area contributed by atoms with Crippen molar-refractivity contribution >= 4 is 34.3 Å². The van der Waals surface area contributed by atoms with Crippen molar-refractivity contribution in [2.75, 3.05) is 11.9 Å². The average molecular weight is 330 g/mol. The fraction of sp³-hybridized carbons (Fsp3) is 0.125. The highest BCUT2D eigenvalue weighted by molar-refractivity contribution is 7.14. The summed E-state index contributed by atoms with van der Waals surface area (Å²) in [6, 6.07) is 9.29. The molecule has 0 unspecified atom stereocenters. The van der Waals surface area contributed by atoms with Gasteiger partial charge in [-0.1, -0.05) is 0 Å². The van der Waals surface area contributed by atoms with Crippen molar-refractivity contribution in [1.29, 1.82) is 0 Å². The third-order valence-electron chi connectivity index (χ3n) is 2.93. The molecule has 0 radical (unpaired) electrons. The molecule has 0 bridgehead atoms. The third kappa shape index (κ3) is 3.35. The fourth-order valence-corrected chi connectivity index (χ4v) is 3.41. The van der Waals surface area contributed by atoms with Crippen LogP contribution in [0.2, 0.25) is 0 Å². The minimum absolute atomic E-state index is 0.207. The van der Waals surface area contributed by atoms with Gasteiger partial charge in [0.25, 0.3) is 5.91 Å². The third-order valence-corrected chi connectivity index (χ3v) is 4.50. The number of thiophene rings is 1. The van der Waals surface area contributed by atoms with E-state index in [0.29, 0.717) is 12.3 Å². The Morgan fingerprint density at radius 1 is 1.23 bits per heavy atom. The van der Waals surface area contributed by atoms with E-state index in [9.17, 15) is 4.79 Å². The van der Waals surface area contributed by atoms with Gasteiger partial charge >= 0.3 is 0 Å². The van der Waals surface area contributed by atoms with Crippen molar-refractivity contribution in [2.24, 2.45) is 0 Å². The van der Waals surface area contributed by atoms with E-state index in [-0.39, 0.29) is 5.91 Å². The van der Waals surface area contributed by atoms with Gasteiger partial charge in [0.2, 0.25) is 0 Å². The number of anilines is 1. The lowest BCUT2D eigenvalue weighted by Gasteiger charge is -2.05. The molecule has 4 nitrogen and oxygen atoms in total. The monoisotopic (exact) mass is 330 g/mol. The van der Waals surface area contributed by atoms with E-state index < -0.39 is 0 Å². The largest absolute Gasteiger partial charge is 0.494 e. The van der Waals surface area contributed by atoms with Gasteiger partial charge in [-0.05, 0) is 42.6 Å². The lowest BCUT2D eigenvalue weighted by molar-refractivity contribution is 0.102. The Bertz CT molecular complexity index is 749. The molecule has 6 heteroatoms. The predicted molar refractivity (Wildman–Crippen MR) is 91.0 cm³/mol. The first-order valence-corrected chi connectivity index (χ1v) is 8.61. The van der Waals surface area contributed by atoms with E-state index in [1.807, 2.05) is 48.0 Å². The number of nitrogens with one attached hydrogen (secondary N) is 1. The summed E-state index contributed by atoms with van der Waals surface area (Å²) in [5, 5.41) is 9.49. The minimum atomic E-state index is -0.207. The van der Waals surface area contributed by atoms with Crippen LogP contribution in [0.25, 0.3) is 10.6 Å². The number of aromatic nitrogens is 1. The van der Waals surface area contributed by atoms with E-state index >= 15 is 0 Å². The average Bonchev–Trinajstić information content (AvgIpc) is 3.20. The van der Waals surface area contributed by atoms with Gasteiger partial charge in [-0.2, -0.15) is 11.3 Å². The molecule has 0 aliphatic rings. The smallest absolute Gasteiger partial charge is 0.275 e. The van der Waals surface area contributed by atoms with Crippen LogP contribution >= 0.6 is 22.7 Å². The Balaban J connectivity index is 1.69. The predicted octanol–water partition coefficient (Wildman–Crippen LogP) is 4.52. The number of ether oxygens (including phenoxy) is 1. The van der Waals surface area contributed by atoms with Crippen LogP contribution < -0.4 is 10.1 Å². The molecule has 3 rings (SSSR count). The molecule has 22 heavy (non-hydrogen) atoms. The maximum Gasteiger partial charge on any atom is 0.275 e. The second kappa shape index (κ2) is 6.72. The molecule has 3 aromatic rings. The molecule has 0 fully saturated rings. The van der Waals surface area contributed by atoms with Crippen LogP contribution in [-0.4, -0.2) is 17.5 Å². The van der Waals surface area contributed by atoms with Crippen LogP contribution in [-0.2, 0) is 0 Å². The summed E-state index contributed by atoms with van der Waals surface area (Å²) in [4.78, 5) is 16.6. The van der Waals surface area contributed by atoms with E-state index in [0.717, 1.165) is 22.0 Å². The molecule has 2 aromatic heterocycles. The van der Waals surface area contributed by atoms with Crippen LogP contribution in [0.15, 0.2) is 46.5 Å². The van der Waals surface area contributed by atoms with E-state index in [1.165, 1.54) is 11.3 Å². The normalized spacial score (nSPS) is 10.4. The van der Waals surface area contributed by atoms with Crippen LogP contribution in [0.1, 0.15) is 17.4 Å². The summed E-state index contributed by atoms with van der Waals surface area (Å²) in [5.74, 6) is 0.579. The second-order valence-electron chi connectivity index (χ2n) is 4.46. The molecule has 0 aliphatic heterocycles. The standard InChI is InChI=1S/C16H14N2O2S2/c1-2-20-13-5-3-12(4-6-13)17-15(19)14-10-22-16(18-14)11-7-8-21-9-11/h3-10H,2H2,1H3,(H,17,19). The van der Waals surface area contributed by atoms with Crippen molar-refractivity contribution in [3.05, 3.63) is 52.2 Å². The molecular formula is C16H14N2O2S2. The Morgan fingerprint density at radius 2 is 2.05 bits per heavy atom. The lowest BCUT2D eigenvalue weighted by atomic mass is 10.3. The minimum Gasteiger partial charge on any atom is -0.494 e. The zero-order chi connectivity index (χ0) is 15.4. The highest BCUT2D eigenvalue weighted by Gasteiger charge is 2.12. The Labute approximate surface area is 136 Å². The molecule has 0 aliphatic carbocycles. The molecule has 1 N–H and O–H groups in total. The van der Waals surface area contributed by atoms with Crippen LogP contribution in [0.4, 0.5) is 5.69 Å². The molecule has 112 valence electrons. The molecule has 0 spiro atoms. The number of carbonyl (C=O) groups is 1. The Morgan fingerprint density at radius 3 is 2.73 bits per heavy atom. The first-order valence-electron chi connectivity index (χ1n) is 6.78. The topological polar surface area (TPSA) is 51.2 Å². The number of hydrogen-bond acceptors (Lipinski definition) is 5. The van der Waals surface area contributed by atoms with Crippen molar-refractivity contribution in [3.8, 4) is 16.3 Å². The van der Waals surface area contributed by atoms with Gasteiger partial charge in [0.15, 0.2) is 0 Å². The van der Waals surface area contributed by atoms with Gasteiger partial charge < -0.3 is 10.1 Å². The van der Waals surface area contributed by atoms with Gasteiger partial charge in [0.05, 0.1) is 6.61 Å². The molecule has 1 amide bonds. The van der Waals surface area contributed by atoms with Gasteiger partial charge in [-0.25, -0.2) is 4.98 Å². The van der Waals surface area contributed by atoms with Crippen LogP contribution in [0, 0.1) is 0 Å². The zero-order valence-electron chi connectivity index (χ0n) is 11.9. The second-order valence-corrected chi connectivity index (χ2v) is 6.10. The summed E-state index contributed by atoms with van der Waals surface area (Å²) < 4.78 is 5.37. The van der Waals surface area contributed by atoms with Gasteiger partial charge in [0, 0.05) is 22.0 Å². The fourth-order valence-electron chi connectivity index (χ4n) is 1.89. The van der Waals surface area contributed by atoms with E-state index in [1.54, 1.807) is 16.7 Å². The van der Waals surface area contributed by atoms with Gasteiger partial charge in [-0.15, -0.1) is 11.3 Å². The number of amides is 1. The summed E-state index contributed by atoms with van der Waals surface area (Å²) in [5.41, 5.74) is 2.20. The van der Waals surface area contributed by atoms with Crippen LogP contribution in [0.3, 0.4) is 0 Å². The Kier molecular flexibility index (Phi) is 4.50. The van der Waals surface area contributed by atoms with Gasteiger partial charge in [0.1, 0.15) is 16.5 Å². The molecule has 1 aromatic carbocycles. The number of rotatable bonds is 5. The van der Waals surface area contributed by atoms with Crippen molar-refractivity contribution in [3.63, 3.8) is 0 Å². The molecular weight excluding hydrogens is 316 g/mol. The number of nitrogens with zero attached hydrogens (tertiary/aromatic N) is 1. The summed E-state index contributed by atoms with van der Waals surface area (Å²) in [6.45, 7) is 2.55. The molecule has 2 heterocycles. The summed E-state index contributed by atoms with van der Waals surface area (Å²) >= 11 is 3.08. The highest BCUT2D eigenvalue weighted by atomic mass is 32.1. The molecule has 0 saturated heterocycles. The van der Waals surface area contributed by atoms with Crippen LogP contribution in [0.5, 0.6) is 5.75 Å². The van der Waals surface area contributed by atoms with Crippen molar-refractivity contribution < 1.29 is 9.53 Å².